The summed E-state index contributed by atoms with van der Waals surface area (Å²) < 4.78 is 15.5. The van der Waals surface area contributed by atoms with Gasteiger partial charge in [-0.3, -0.25) is 4.79 Å². The summed E-state index contributed by atoms with van der Waals surface area (Å²) in [5.74, 6) is -0.0652. The molecule has 4 saturated heterocycles. The molecule has 4 aliphatic rings. The quantitative estimate of drug-likeness (QED) is 0.596. The van der Waals surface area contributed by atoms with Gasteiger partial charge in [-0.1, -0.05) is 0 Å². The highest BCUT2D eigenvalue weighted by Crippen LogP contribution is 2.31. The molecular weight excluding hydrogens is 320 g/mol. The highest BCUT2D eigenvalue weighted by atomic mass is 32.2. The molecule has 0 aromatic rings. The molecule has 4 heterocycles. The Hall–Kier alpha value is -1.19. The Morgan fingerprint density at radius 1 is 1.22 bits per heavy atom. The van der Waals surface area contributed by atoms with Crippen LogP contribution in [0.5, 0.6) is 0 Å². The number of hydrogen-bond acceptors (Lipinski definition) is 5. The largest absolute Gasteiger partial charge is 0.351 e. The van der Waals surface area contributed by atoms with Crippen molar-refractivity contribution < 1.29 is 18.1 Å². The monoisotopic (exact) mass is 342 g/mol. The van der Waals surface area contributed by atoms with Gasteiger partial charge < -0.3 is 15.5 Å². The Labute approximate surface area is 138 Å². The number of thiol groups is 1. The smallest absolute Gasteiger partial charge is 0.346 e. The summed E-state index contributed by atoms with van der Waals surface area (Å²) in [5.41, 5.74) is 0. The molecule has 23 heavy (non-hydrogen) atoms. The minimum Gasteiger partial charge on any atom is -0.351 e. The molecule has 0 aliphatic carbocycles. The molecule has 0 spiro atoms. The normalized spacial score (nSPS) is 39.0. The van der Waals surface area contributed by atoms with Gasteiger partial charge in [0, 0.05) is 24.7 Å². The number of amides is 3. The zero-order chi connectivity index (χ0) is 16.0. The molecule has 4 unspecified atom stereocenters. The number of rotatable bonds is 4. The maximum atomic E-state index is 12.6. The lowest BCUT2D eigenvalue weighted by molar-refractivity contribution is -0.127. The first-order chi connectivity index (χ1) is 11.2. The number of carbonyl (C=O) groups is 2. The Bertz CT molecular complexity index is 521. The van der Waals surface area contributed by atoms with Gasteiger partial charge in [0.15, 0.2) is 11.9 Å². The van der Waals surface area contributed by atoms with Crippen LogP contribution in [-0.4, -0.2) is 62.9 Å². The molecule has 0 saturated carbocycles. The highest BCUT2D eigenvalue weighted by Gasteiger charge is 2.48. The number of piperidine rings is 2. The Kier molecular flexibility index (Phi) is 4.02. The molecule has 2 N–H and O–H groups in total. The van der Waals surface area contributed by atoms with Crippen molar-refractivity contribution in [2.75, 3.05) is 6.54 Å². The molecule has 4 aliphatic heterocycles. The van der Waals surface area contributed by atoms with Crippen LogP contribution in [0.3, 0.4) is 0 Å². The van der Waals surface area contributed by atoms with E-state index in [1.807, 2.05) is 0 Å². The molecule has 4 atom stereocenters. The van der Waals surface area contributed by atoms with Crippen LogP contribution in [0.15, 0.2) is 0 Å². The topological polar surface area (TPSA) is 91.0 Å². The lowest BCUT2D eigenvalue weighted by Gasteiger charge is -2.34. The second-order valence-electron chi connectivity index (χ2n) is 6.98. The SMILES string of the molecule is O=[SH]ON1C(=O)N2CC1CCC2C(=O)NC1CC2CCC(C1)N2. The van der Waals surface area contributed by atoms with E-state index in [1.165, 1.54) is 12.8 Å². The van der Waals surface area contributed by atoms with E-state index in [9.17, 15) is 13.8 Å². The van der Waals surface area contributed by atoms with Crippen LogP contribution in [-0.2, 0) is 21.0 Å². The summed E-state index contributed by atoms with van der Waals surface area (Å²) in [4.78, 5) is 26.5. The van der Waals surface area contributed by atoms with Gasteiger partial charge in [-0.25, -0.2) is 9.00 Å². The molecule has 4 fully saturated rings. The standard InChI is InChI=1S/C14H22N4O4S/c19-13(16-10-5-8-1-2-9(6-10)15-8)12-4-3-11-7-17(12)14(20)18(11)22-23-21/h8-12,15,23H,1-7H2,(H,16,19). The van der Waals surface area contributed by atoms with Crippen molar-refractivity contribution in [1.82, 2.24) is 20.6 Å². The van der Waals surface area contributed by atoms with E-state index in [0.29, 0.717) is 31.5 Å². The third-order valence-electron chi connectivity index (χ3n) is 5.57. The predicted octanol–water partition coefficient (Wildman–Crippen LogP) is -0.554. The first kappa shape index (κ1) is 15.3. The van der Waals surface area contributed by atoms with Crippen molar-refractivity contribution in [2.24, 2.45) is 0 Å². The molecule has 8 nitrogen and oxygen atoms in total. The van der Waals surface area contributed by atoms with Crippen LogP contribution in [0.1, 0.15) is 38.5 Å². The Morgan fingerprint density at radius 2 is 1.96 bits per heavy atom. The second-order valence-corrected chi connectivity index (χ2v) is 7.29. The maximum absolute atomic E-state index is 12.6. The number of carbonyl (C=O) groups excluding carboxylic acids is 2. The molecule has 0 aromatic carbocycles. The van der Waals surface area contributed by atoms with Crippen LogP contribution in [0.4, 0.5) is 4.79 Å². The summed E-state index contributed by atoms with van der Waals surface area (Å²) in [6.45, 7) is 0.462. The Morgan fingerprint density at radius 3 is 2.65 bits per heavy atom. The summed E-state index contributed by atoms with van der Waals surface area (Å²) in [6, 6.07) is 0.322. The number of hydrogen-bond donors (Lipinski definition) is 3. The van der Waals surface area contributed by atoms with E-state index >= 15 is 0 Å². The van der Waals surface area contributed by atoms with E-state index in [0.717, 1.165) is 17.9 Å². The minimum atomic E-state index is -0.543. The van der Waals surface area contributed by atoms with Gasteiger partial charge >= 0.3 is 6.03 Å². The fourth-order valence-electron chi connectivity index (χ4n) is 4.52. The van der Waals surface area contributed by atoms with E-state index < -0.39 is 18.0 Å². The Balaban J connectivity index is 1.39. The summed E-state index contributed by atoms with van der Waals surface area (Å²) >= 11 is -0.543. The van der Waals surface area contributed by atoms with Gasteiger partial charge in [-0.2, -0.15) is 9.35 Å². The van der Waals surface area contributed by atoms with Crippen molar-refractivity contribution in [3.63, 3.8) is 0 Å². The van der Waals surface area contributed by atoms with E-state index in [-0.39, 0.29) is 24.0 Å². The average molecular weight is 342 g/mol. The van der Waals surface area contributed by atoms with Crippen LogP contribution in [0.25, 0.3) is 0 Å². The lowest BCUT2D eigenvalue weighted by atomic mass is 9.97. The zero-order valence-electron chi connectivity index (χ0n) is 12.8. The average Bonchev–Trinajstić information content (AvgIpc) is 3.00. The van der Waals surface area contributed by atoms with Crippen molar-refractivity contribution in [1.29, 1.82) is 0 Å². The number of nitrogens with one attached hydrogen (secondary N) is 2. The molecule has 128 valence electrons. The lowest BCUT2D eigenvalue weighted by Crippen LogP contribution is -2.55. The molecule has 0 radical (unpaired) electrons. The van der Waals surface area contributed by atoms with E-state index in [2.05, 4.69) is 10.6 Å². The molecular formula is C14H22N4O4S. The maximum Gasteiger partial charge on any atom is 0.346 e. The van der Waals surface area contributed by atoms with Crippen LogP contribution in [0, 0.1) is 0 Å². The van der Waals surface area contributed by atoms with Crippen LogP contribution in [0.2, 0.25) is 0 Å². The van der Waals surface area contributed by atoms with Crippen molar-refractivity contribution in [3.8, 4) is 0 Å². The van der Waals surface area contributed by atoms with Gasteiger partial charge in [-0.15, -0.1) is 0 Å². The zero-order valence-corrected chi connectivity index (χ0v) is 13.7. The van der Waals surface area contributed by atoms with Gasteiger partial charge in [0.25, 0.3) is 0 Å². The summed E-state index contributed by atoms with van der Waals surface area (Å²) in [7, 11) is 0. The summed E-state index contributed by atoms with van der Waals surface area (Å²) in [5, 5.41) is 7.85. The summed E-state index contributed by atoms with van der Waals surface area (Å²) in [6.07, 6.45) is 5.62. The molecule has 9 heteroatoms. The minimum absolute atomic E-state index is 0.0652. The van der Waals surface area contributed by atoms with Crippen LogP contribution < -0.4 is 10.6 Å². The third kappa shape index (κ3) is 2.74. The van der Waals surface area contributed by atoms with Crippen molar-refractivity contribution in [2.45, 2.75) is 68.7 Å². The van der Waals surface area contributed by atoms with Crippen molar-refractivity contribution >= 4 is 23.9 Å². The second kappa shape index (κ2) is 6.03. The first-order valence-electron chi connectivity index (χ1n) is 8.31. The number of fused-ring (bicyclic) bond motifs is 4. The number of hydroxylamine groups is 2. The van der Waals surface area contributed by atoms with Gasteiger partial charge in [0.05, 0.1) is 6.04 Å². The molecule has 3 amide bonds. The highest BCUT2D eigenvalue weighted by molar-refractivity contribution is 7.60. The predicted molar refractivity (Wildman–Crippen MR) is 82.5 cm³/mol. The molecule has 0 aromatic heterocycles. The van der Waals surface area contributed by atoms with Gasteiger partial charge in [0.1, 0.15) is 6.04 Å². The van der Waals surface area contributed by atoms with Gasteiger partial charge in [0.2, 0.25) is 5.91 Å². The van der Waals surface area contributed by atoms with Gasteiger partial charge in [-0.05, 0) is 38.5 Å². The third-order valence-corrected chi connectivity index (χ3v) is 5.81. The fourth-order valence-corrected chi connectivity index (χ4v) is 4.79. The molecule has 4 bridgehead atoms. The van der Waals surface area contributed by atoms with Crippen LogP contribution >= 0.6 is 0 Å². The molecule has 4 rings (SSSR count). The van der Waals surface area contributed by atoms with Crippen molar-refractivity contribution in [3.05, 3.63) is 0 Å². The first-order valence-corrected chi connectivity index (χ1v) is 9.05. The number of urea groups is 1. The number of nitrogens with zero attached hydrogens (tertiary/aromatic N) is 2. The van der Waals surface area contributed by atoms with E-state index in [4.69, 9.17) is 4.28 Å². The van der Waals surface area contributed by atoms with E-state index in [1.54, 1.807) is 4.90 Å². The fraction of sp³-hybridized carbons (Fsp3) is 0.857.